The second-order valence-electron chi connectivity index (χ2n) is 4.55. The summed E-state index contributed by atoms with van der Waals surface area (Å²) in [7, 11) is 1.80. The van der Waals surface area contributed by atoms with Gasteiger partial charge in [0.15, 0.2) is 0 Å². The van der Waals surface area contributed by atoms with Gasteiger partial charge in [-0.05, 0) is 19.1 Å². The first-order valence-corrected chi connectivity index (χ1v) is 6.36. The lowest BCUT2D eigenvalue weighted by atomic mass is 10.3. The Morgan fingerprint density at radius 2 is 1.95 bits per heavy atom. The van der Waals surface area contributed by atoms with E-state index < -0.39 is 0 Å². The minimum absolute atomic E-state index is 0.00754. The highest BCUT2D eigenvalue weighted by Gasteiger charge is 2.12. The molecule has 0 saturated heterocycles. The fourth-order valence-corrected chi connectivity index (χ4v) is 2.44. The van der Waals surface area contributed by atoms with E-state index in [0.717, 1.165) is 23.4 Å². The Kier molecular flexibility index (Phi) is 2.74. The molecule has 0 amide bonds. The molecule has 5 nitrogen and oxygen atoms in total. The van der Waals surface area contributed by atoms with E-state index >= 15 is 0 Å². The zero-order valence-corrected chi connectivity index (χ0v) is 11.1. The lowest BCUT2D eigenvalue weighted by Crippen LogP contribution is -2.24. The molecule has 0 atom stereocenters. The van der Waals surface area contributed by atoms with E-state index in [1.807, 2.05) is 35.0 Å². The molecule has 0 saturated carbocycles. The third-order valence-electron chi connectivity index (χ3n) is 3.49. The Hall–Kier alpha value is -2.30. The van der Waals surface area contributed by atoms with Crippen LogP contribution in [0.1, 0.15) is 12.7 Å². The van der Waals surface area contributed by atoms with Gasteiger partial charge in [0, 0.05) is 26.0 Å². The van der Waals surface area contributed by atoms with E-state index in [9.17, 15) is 4.79 Å². The van der Waals surface area contributed by atoms with Crippen LogP contribution in [0.4, 0.5) is 0 Å². The molecule has 0 aliphatic rings. The Balaban J connectivity index is 2.16. The number of hydrogen-bond donors (Lipinski definition) is 0. The van der Waals surface area contributed by atoms with Crippen molar-refractivity contribution in [2.24, 2.45) is 7.05 Å². The molecule has 0 aliphatic heterocycles. The van der Waals surface area contributed by atoms with Crippen LogP contribution < -0.4 is 5.69 Å². The summed E-state index contributed by atoms with van der Waals surface area (Å²) in [4.78, 5) is 16.6. The van der Waals surface area contributed by atoms with Gasteiger partial charge in [0.2, 0.25) is 0 Å². The molecule has 19 heavy (non-hydrogen) atoms. The summed E-state index contributed by atoms with van der Waals surface area (Å²) in [6.07, 6.45) is 3.71. The van der Waals surface area contributed by atoms with Crippen LogP contribution in [0.25, 0.3) is 11.0 Å². The Bertz CT molecular complexity index is 778. The second kappa shape index (κ2) is 4.42. The molecule has 0 unspecified atom stereocenters. The van der Waals surface area contributed by atoms with Crippen molar-refractivity contribution in [2.75, 3.05) is 0 Å². The lowest BCUT2D eigenvalue weighted by molar-refractivity contribution is 0.639. The van der Waals surface area contributed by atoms with Gasteiger partial charge in [0.25, 0.3) is 0 Å². The van der Waals surface area contributed by atoms with Crippen molar-refractivity contribution in [3.8, 4) is 0 Å². The minimum Gasteiger partial charge on any atom is -0.334 e. The van der Waals surface area contributed by atoms with Crippen LogP contribution in [-0.2, 0) is 20.1 Å². The van der Waals surface area contributed by atoms with Crippen molar-refractivity contribution in [3.05, 3.63) is 53.0 Å². The number of benzene rings is 1. The van der Waals surface area contributed by atoms with Crippen LogP contribution in [0.3, 0.4) is 0 Å². The van der Waals surface area contributed by atoms with E-state index in [2.05, 4.69) is 11.9 Å². The van der Waals surface area contributed by atoms with Crippen LogP contribution in [0.5, 0.6) is 0 Å². The van der Waals surface area contributed by atoms with Crippen molar-refractivity contribution in [1.82, 2.24) is 18.7 Å². The highest BCUT2D eigenvalue weighted by molar-refractivity contribution is 5.75. The van der Waals surface area contributed by atoms with E-state index in [4.69, 9.17) is 0 Å². The van der Waals surface area contributed by atoms with Crippen molar-refractivity contribution in [1.29, 1.82) is 0 Å². The van der Waals surface area contributed by atoms with Gasteiger partial charge in [-0.3, -0.25) is 9.13 Å². The molecule has 98 valence electrons. The first-order chi connectivity index (χ1) is 9.22. The highest BCUT2D eigenvalue weighted by atomic mass is 16.1. The standard InChI is InChI=1S/C14H16N4O/c1-3-17-9-8-15-13(17)10-18-12-7-5-4-6-11(12)16(2)14(18)19/h4-9H,3,10H2,1-2H3. The Morgan fingerprint density at radius 1 is 1.21 bits per heavy atom. The summed E-state index contributed by atoms with van der Waals surface area (Å²) < 4.78 is 5.49. The van der Waals surface area contributed by atoms with Crippen molar-refractivity contribution >= 4 is 11.0 Å². The number of hydrogen-bond acceptors (Lipinski definition) is 2. The Labute approximate surface area is 110 Å². The summed E-state index contributed by atoms with van der Waals surface area (Å²) in [5.41, 5.74) is 1.88. The molecule has 3 rings (SSSR count). The monoisotopic (exact) mass is 256 g/mol. The average Bonchev–Trinajstić information content (AvgIpc) is 2.98. The largest absolute Gasteiger partial charge is 0.334 e. The van der Waals surface area contributed by atoms with E-state index in [1.54, 1.807) is 22.4 Å². The predicted octanol–water partition coefficient (Wildman–Crippen LogP) is 1.60. The highest BCUT2D eigenvalue weighted by Crippen LogP contribution is 2.12. The number of imidazole rings is 2. The first-order valence-electron chi connectivity index (χ1n) is 6.36. The molecule has 2 aromatic heterocycles. The van der Waals surface area contributed by atoms with Crippen LogP contribution in [0, 0.1) is 0 Å². The third kappa shape index (κ3) is 1.78. The molecule has 2 heterocycles. The van der Waals surface area contributed by atoms with Crippen LogP contribution in [0.15, 0.2) is 41.5 Å². The molecule has 1 aromatic carbocycles. The zero-order chi connectivity index (χ0) is 13.4. The fourth-order valence-electron chi connectivity index (χ4n) is 2.44. The van der Waals surface area contributed by atoms with Crippen molar-refractivity contribution in [3.63, 3.8) is 0 Å². The summed E-state index contributed by atoms with van der Waals surface area (Å²) >= 11 is 0. The predicted molar refractivity (Wildman–Crippen MR) is 74.2 cm³/mol. The van der Waals surface area contributed by atoms with Crippen molar-refractivity contribution < 1.29 is 0 Å². The molecular formula is C14H16N4O. The molecule has 0 aliphatic carbocycles. The van der Waals surface area contributed by atoms with Gasteiger partial charge in [-0.2, -0.15) is 0 Å². The molecule has 0 fully saturated rings. The maximum atomic E-state index is 12.3. The second-order valence-corrected chi connectivity index (χ2v) is 4.55. The van der Waals surface area contributed by atoms with Gasteiger partial charge < -0.3 is 4.57 Å². The van der Waals surface area contributed by atoms with Crippen LogP contribution >= 0.6 is 0 Å². The zero-order valence-electron chi connectivity index (χ0n) is 11.1. The normalized spacial score (nSPS) is 11.3. The first kappa shape index (κ1) is 11.8. The molecular weight excluding hydrogens is 240 g/mol. The molecule has 0 radical (unpaired) electrons. The molecule has 0 N–H and O–H groups in total. The topological polar surface area (TPSA) is 44.8 Å². The van der Waals surface area contributed by atoms with Crippen LogP contribution in [-0.4, -0.2) is 18.7 Å². The molecule has 0 spiro atoms. The average molecular weight is 256 g/mol. The minimum atomic E-state index is -0.00754. The number of aryl methyl sites for hydroxylation is 2. The number of nitrogens with zero attached hydrogens (tertiary/aromatic N) is 4. The number of fused-ring (bicyclic) bond motifs is 1. The smallest absolute Gasteiger partial charge is 0.329 e. The van der Waals surface area contributed by atoms with E-state index in [1.165, 1.54) is 0 Å². The summed E-state index contributed by atoms with van der Waals surface area (Å²) in [5.74, 6) is 0.904. The maximum absolute atomic E-state index is 12.3. The quantitative estimate of drug-likeness (QED) is 0.714. The maximum Gasteiger partial charge on any atom is 0.329 e. The Morgan fingerprint density at radius 3 is 2.68 bits per heavy atom. The van der Waals surface area contributed by atoms with Gasteiger partial charge in [0.1, 0.15) is 5.82 Å². The lowest BCUT2D eigenvalue weighted by Gasteiger charge is -2.05. The summed E-state index contributed by atoms with van der Waals surface area (Å²) in [5, 5.41) is 0. The number of rotatable bonds is 3. The number of para-hydroxylation sites is 2. The van der Waals surface area contributed by atoms with Gasteiger partial charge in [-0.25, -0.2) is 9.78 Å². The van der Waals surface area contributed by atoms with Gasteiger partial charge in [-0.1, -0.05) is 12.1 Å². The van der Waals surface area contributed by atoms with E-state index in [-0.39, 0.29) is 5.69 Å². The van der Waals surface area contributed by atoms with Crippen molar-refractivity contribution in [2.45, 2.75) is 20.0 Å². The molecule has 0 bridgehead atoms. The van der Waals surface area contributed by atoms with Crippen LogP contribution in [0.2, 0.25) is 0 Å². The van der Waals surface area contributed by atoms with Gasteiger partial charge >= 0.3 is 5.69 Å². The molecule has 3 aromatic rings. The summed E-state index contributed by atoms with van der Waals surface area (Å²) in [6, 6.07) is 7.82. The third-order valence-corrected chi connectivity index (χ3v) is 3.49. The number of aromatic nitrogens is 4. The molecule has 5 heteroatoms. The summed E-state index contributed by atoms with van der Waals surface area (Å²) in [6.45, 7) is 3.42. The van der Waals surface area contributed by atoms with Gasteiger partial charge in [0.05, 0.1) is 17.6 Å². The SMILES string of the molecule is CCn1ccnc1Cn1c(=O)n(C)c2ccccc21. The fraction of sp³-hybridized carbons (Fsp3) is 0.286. The van der Waals surface area contributed by atoms with Gasteiger partial charge in [-0.15, -0.1) is 0 Å². The van der Waals surface area contributed by atoms with E-state index in [0.29, 0.717) is 6.54 Å².